The lowest BCUT2D eigenvalue weighted by molar-refractivity contribution is -0.167. The third kappa shape index (κ3) is 56.9. The zero-order chi connectivity index (χ0) is 50.0. The van der Waals surface area contributed by atoms with Gasteiger partial charge in [-0.15, -0.1) is 0 Å². The molecule has 0 rings (SSSR count). The number of rotatable bonds is 58. The van der Waals surface area contributed by atoms with Crippen molar-refractivity contribution in [1.29, 1.82) is 0 Å². The zero-order valence-corrected chi connectivity index (χ0v) is 46.9. The minimum absolute atomic E-state index is 0.0639. The topological polar surface area (TPSA) is 78.9 Å². The Hall–Kier alpha value is -1.85. The van der Waals surface area contributed by atoms with E-state index < -0.39 is 6.10 Å². The molecule has 0 amide bonds. The highest BCUT2D eigenvalue weighted by Gasteiger charge is 2.19. The molecule has 0 bridgehead atoms. The number of carbonyl (C=O) groups is 3. The molecule has 1 unspecified atom stereocenters. The van der Waals surface area contributed by atoms with Crippen LogP contribution in [0, 0.1) is 0 Å². The fraction of sp³-hybridized carbons (Fsp3) is 0.921. The van der Waals surface area contributed by atoms with Crippen LogP contribution in [0.4, 0.5) is 0 Å². The van der Waals surface area contributed by atoms with Crippen LogP contribution in [0.3, 0.4) is 0 Å². The molecule has 6 nitrogen and oxygen atoms in total. The third-order valence-electron chi connectivity index (χ3n) is 14.3. The first kappa shape index (κ1) is 67.1. The van der Waals surface area contributed by atoms with Gasteiger partial charge in [0.25, 0.3) is 0 Å². The van der Waals surface area contributed by atoms with Gasteiger partial charge in [-0.25, -0.2) is 0 Å². The van der Waals surface area contributed by atoms with Crippen molar-refractivity contribution in [3.8, 4) is 0 Å². The Labute approximate surface area is 431 Å². The highest BCUT2D eigenvalue weighted by molar-refractivity contribution is 5.71. The van der Waals surface area contributed by atoms with Gasteiger partial charge in [-0.1, -0.05) is 303 Å². The van der Waals surface area contributed by atoms with Gasteiger partial charge in [0.1, 0.15) is 13.2 Å². The van der Waals surface area contributed by atoms with Crippen LogP contribution >= 0.6 is 0 Å². The molecule has 0 radical (unpaired) electrons. The van der Waals surface area contributed by atoms with Crippen molar-refractivity contribution in [3.05, 3.63) is 12.2 Å². The molecule has 0 heterocycles. The first-order chi connectivity index (χ1) is 34.0. The lowest BCUT2D eigenvalue weighted by Gasteiger charge is -2.18. The smallest absolute Gasteiger partial charge is 0.306 e. The summed E-state index contributed by atoms with van der Waals surface area (Å²) in [6.07, 6.45) is 68.6. The molecular weight excluding hydrogens is 853 g/mol. The summed E-state index contributed by atoms with van der Waals surface area (Å²) in [5.74, 6) is -0.854. The van der Waals surface area contributed by atoms with E-state index in [0.29, 0.717) is 19.3 Å². The van der Waals surface area contributed by atoms with Gasteiger partial charge in [0, 0.05) is 19.3 Å². The quantitative estimate of drug-likeness (QED) is 0.0261. The van der Waals surface area contributed by atoms with Crippen molar-refractivity contribution in [1.82, 2.24) is 0 Å². The van der Waals surface area contributed by atoms with E-state index in [2.05, 4.69) is 32.9 Å². The second kappa shape index (κ2) is 58.7. The van der Waals surface area contributed by atoms with Gasteiger partial charge in [0.2, 0.25) is 0 Å². The molecule has 0 aliphatic heterocycles. The predicted octanol–water partition coefficient (Wildman–Crippen LogP) is 20.9. The van der Waals surface area contributed by atoms with Gasteiger partial charge in [0.05, 0.1) is 0 Å². The fourth-order valence-electron chi connectivity index (χ4n) is 9.56. The van der Waals surface area contributed by atoms with Gasteiger partial charge in [-0.2, -0.15) is 0 Å². The van der Waals surface area contributed by atoms with Gasteiger partial charge in [-0.05, 0) is 44.9 Å². The Kier molecular flexibility index (Phi) is 57.1. The van der Waals surface area contributed by atoms with Crippen molar-refractivity contribution in [3.63, 3.8) is 0 Å². The minimum atomic E-state index is -0.759. The number of hydrogen-bond donors (Lipinski definition) is 0. The average Bonchev–Trinajstić information content (AvgIpc) is 3.35. The summed E-state index contributed by atoms with van der Waals surface area (Å²) >= 11 is 0. The van der Waals surface area contributed by atoms with E-state index in [1.165, 1.54) is 257 Å². The summed E-state index contributed by atoms with van der Waals surface area (Å²) in [6, 6.07) is 0. The van der Waals surface area contributed by atoms with Gasteiger partial charge >= 0.3 is 17.9 Å². The Morgan fingerprint density at radius 1 is 0.275 bits per heavy atom. The third-order valence-corrected chi connectivity index (χ3v) is 14.3. The van der Waals surface area contributed by atoms with Crippen LogP contribution in [0.25, 0.3) is 0 Å². The molecule has 0 fully saturated rings. The number of hydrogen-bond acceptors (Lipinski definition) is 6. The second-order valence-corrected chi connectivity index (χ2v) is 21.3. The Morgan fingerprint density at radius 2 is 0.478 bits per heavy atom. The van der Waals surface area contributed by atoms with Gasteiger partial charge in [-0.3, -0.25) is 14.4 Å². The summed E-state index contributed by atoms with van der Waals surface area (Å²) < 4.78 is 16.7. The molecule has 0 aliphatic carbocycles. The first-order valence-corrected chi connectivity index (χ1v) is 31.2. The van der Waals surface area contributed by atoms with Crippen molar-refractivity contribution in [2.24, 2.45) is 0 Å². The molecule has 6 heteroatoms. The average molecular weight is 974 g/mol. The maximum Gasteiger partial charge on any atom is 0.306 e. The lowest BCUT2D eigenvalue weighted by atomic mass is 10.0. The van der Waals surface area contributed by atoms with Crippen molar-refractivity contribution in [2.75, 3.05) is 13.2 Å². The lowest BCUT2D eigenvalue weighted by Crippen LogP contribution is -2.30. The highest BCUT2D eigenvalue weighted by atomic mass is 16.6. The summed E-state index contributed by atoms with van der Waals surface area (Å²) in [6.45, 7) is 6.62. The number of allylic oxidation sites excluding steroid dienone is 2. The Bertz CT molecular complexity index is 1070. The molecule has 1 atom stereocenters. The maximum absolute atomic E-state index is 12.7. The van der Waals surface area contributed by atoms with E-state index in [1.54, 1.807) is 0 Å². The maximum atomic E-state index is 12.7. The van der Waals surface area contributed by atoms with E-state index in [0.717, 1.165) is 57.8 Å². The van der Waals surface area contributed by atoms with Crippen LogP contribution in [0.15, 0.2) is 12.2 Å². The van der Waals surface area contributed by atoms with Crippen LogP contribution < -0.4 is 0 Å². The van der Waals surface area contributed by atoms with Crippen LogP contribution in [-0.4, -0.2) is 37.2 Å². The molecule has 0 aromatic carbocycles. The van der Waals surface area contributed by atoms with Crippen molar-refractivity contribution >= 4 is 17.9 Å². The summed E-state index contributed by atoms with van der Waals surface area (Å²) in [7, 11) is 0. The summed E-state index contributed by atoms with van der Waals surface area (Å²) in [5.41, 5.74) is 0. The number of unbranched alkanes of at least 4 members (excludes halogenated alkanes) is 45. The van der Waals surface area contributed by atoms with Crippen LogP contribution in [0.5, 0.6) is 0 Å². The van der Waals surface area contributed by atoms with Gasteiger partial charge in [0.15, 0.2) is 6.10 Å². The Morgan fingerprint density at radius 3 is 0.725 bits per heavy atom. The fourth-order valence-corrected chi connectivity index (χ4v) is 9.56. The van der Waals surface area contributed by atoms with Gasteiger partial charge < -0.3 is 14.2 Å². The van der Waals surface area contributed by atoms with E-state index in [1.807, 2.05) is 0 Å². The zero-order valence-electron chi connectivity index (χ0n) is 46.9. The van der Waals surface area contributed by atoms with Crippen LogP contribution in [0.2, 0.25) is 0 Å². The molecular formula is C63H120O6. The van der Waals surface area contributed by atoms with Crippen LogP contribution in [-0.2, 0) is 28.6 Å². The number of ether oxygens (including phenoxy) is 3. The molecule has 0 aromatic heterocycles. The molecule has 0 aromatic rings. The molecule has 0 saturated heterocycles. The molecule has 0 saturated carbocycles. The Balaban J connectivity index is 3.79. The van der Waals surface area contributed by atoms with Crippen molar-refractivity contribution in [2.45, 2.75) is 361 Å². The molecule has 0 spiro atoms. The number of esters is 3. The minimum Gasteiger partial charge on any atom is -0.462 e. The summed E-state index contributed by atoms with van der Waals surface area (Å²) in [4.78, 5) is 37.8. The van der Waals surface area contributed by atoms with Crippen molar-refractivity contribution < 1.29 is 28.6 Å². The normalized spacial score (nSPS) is 12.0. The van der Waals surface area contributed by atoms with Crippen LogP contribution in [0.1, 0.15) is 355 Å². The molecule has 408 valence electrons. The standard InChI is InChI=1S/C63H120O6/c1-4-7-10-13-16-18-19-20-21-22-23-24-25-26-27-28-29-30-31-32-33-34-35-36-37-38-39-40-41-42-43-45-47-50-53-56-62(65)68-59-60(58-67-61(64)55-52-49-46-15-12-9-6-3)69-63(66)57-54-51-48-44-17-14-11-8-5-2/h22-23,60H,4-21,24-59H2,1-3H3/b23-22-. The summed E-state index contributed by atoms with van der Waals surface area (Å²) in [5, 5.41) is 0. The highest BCUT2D eigenvalue weighted by Crippen LogP contribution is 2.18. The van der Waals surface area contributed by atoms with E-state index in [-0.39, 0.29) is 31.1 Å². The predicted molar refractivity (Wildman–Crippen MR) is 298 cm³/mol. The molecule has 69 heavy (non-hydrogen) atoms. The second-order valence-electron chi connectivity index (χ2n) is 21.3. The van der Waals surface area contributed by atoms with E-state index >= 15 is 0 Å². The SMILES string of the molecule is CCCCCCCCCC/C=C\CCCCCCCCCCCCCCCCCCCCCCCCCC(=O)OCC(COC(=O)CCCCCCCCC)OC(=O)CCCCCCCCCCC. The monoisotopic (exact) mass is 973 g/mol. The number of carbonyl (C=O) groups excluding carboxylic acids is 3. The van der Waals surface area contributed by atoms with E-state index in [9.17, 15) is 14.4 Å². The first-order valence-electron chi connectivity index (χ1n) is 31.2. The largest absolute Gasteiger partial charge is 0.462 e. The molecule has 0 aliphatic rings. The van der Waals surface area contributed by atoms with E-state index in [4.69, 9.17) is 14.2 Å². The molecule has 0 N–H and O–H groups in total.